The molecule has 1 unspecified atom stereocenters. The Hall–Kier alpha value is -4.13. The van der Waals surface area contributed by atoms with Crippen LogP contribution in [0.15, 0.2) is 78.9 Å². The highest BCUT2D eigenvalue weighted by atomic mass is 16.5. The van der Waals surface area contributed by atoms with Gasteiger partial charge in [-0.25, -0.2) is 4.79 Å². The van der Waals surface area contributed by atoms with E-state index in [-0.39, 0.29) is 24.9 Å². The highest BCUT2D eigenvalue weighted by Crippen LogP contribution is 2.44. The number of aliphatic carboxylic acids is 1. The summed E-state index contributed by atoms with van der Waals surface area (Å²) in [5.41, 5.74) is 5.03. The van der Waals surface area contributed by atoms with Crippen LogP contribution in [0.25, 0.3) is 11.1 Å². The topological polar surface area (TPSA) is 95.9 Å². The number of anilines is 1. The highest BCUT2D eigenvalue weighted by Gasteiger charge is 2.29. The Morgan fingerprint density at radius 2 is 1.49 bits per heavy atom. The van der Waals surface area contributed by atoms with Crippen molar-refractivity contribution in [2.45, 2.75) is 31.7 Å². The third-order valence-electron chi connectivity index (χ3n) is 6.24. The van der Waals surface area contributed by atoms with Gasteiger partial charge in [-0.15, -0.1) is 0 Å². The Kier molecular flexibility index (Phi) is 7.45. The first kappa shape index (κ1) is 24.0. The van der Waals surface area contributed by atoms with E-state index in [1.54, 1.807) is 30.3 Å². The lowest BCUT2D eigenvalue weighted by atomic mass is 9.98. The summed E-state index contributed by atoms with van der Waals surface area (Å²) in [4.78, 5) is 38.1. The van der Waals surface area contributed by atoms with E-state index in [2.05, 4.69) is 29.6 Å². The second-order valence-corrected chi connectivity index (χ2v) is 8.49. The molecule has 3 aromatic carbocycles. The van der Waals surface area contributed by atoms with E-state index >= 15 is 0 Å². The van der Waals surface area contributed by atoms with Gasteiger partial charge in [0, 0.05) is 24.1 Å². The van der Waals surface area contributed by atoms with Crippen LogP contribution < -0.4 is 10.2 Å². The Labute approximate surface area is 204 Å². The number of para-hydroxylation sites is 1. The Morgan fingerprint density at radius 1 is 0.914 bits per heavy atom. The van der Waals surface area contributed by atoms with Crippen LogP contribution in [0.3, 0.4) is 0 Å². The van der Waals surface area contributed by atoms with Crippen molar-refractivity contribution in [2.24, 2.45) is 0 Å². The van der Waals surface area contributed by atoms with Gasteiger partial charge in [0.15, 0.2) is 0 Å². The Balaban J connectivity index is 1.38. The van der Waals surface area contributed by atoms with Gasteiger partial charge in [0.1, 0.15) is 13.2 Å². The molecule has 35 heavy (non-hydrogen) atoms. The zero-order chi connectivity index (χ0) is 24.8. The normalized spacial score (nSPS) is 12.8. The quantitative estimate of drug-likeness (QED) is 0.466. The summed E-state index contributed by atoms with van der Waals surface area (Å²) in [5, 5.41) is 12.0. The molecular weight excluding hydrogens is 444 g/mol. The molecule has 0 aliphatic heterocycles. The molecule has 0 fully saturated rings. The Morgan fingerprint density at radius 3 is 2.06 bits per heavy atom. The number of carbonyl (C=O) groups excluding carboxylic acids is 2. The number of carboxylic acids is 1. The van der Waals surface area contributed by atoms with Crippen LogP contribution in [0.1, 0.15) is 36.8 Å². The monoisotopic (exact) mass is 472 g/mol. The van der Waals surface area contributed by atoms with E-state index in [1.165, 1.54) is 4.90 Å². The highest BCUT2D eigenvalue weighted by molar-refractivity contribution is 5.97. The number of nitrogens with zero attached hydrogens (tertiary/aromatic N) is 1. The average molecular weight is 473 g/mol. The van der Waals surface area contributed by atoms with Crippen LogP contribution in [-0.4, -0.2) is 42.3 Å². The van der Waals surface area contributed by atoms with Gasteiger partial charge in [-0.3, -0.25) is 9.59 Å². The largest absolute Gasteiger partial charge is 0.480 e. The minimum absolute atomic E-state index is 0.0388. The van der Waals surface area contributed by atoms with Crippen LogP contribution in [0, 0.1) is 0 Å². The molecule has 1 aliphatic rings. The number of ether oxygens (including phenoxy) is 1. The third-order valence-corrected chi connectivity index (χ3v) is 6.24. The fraction of sp³-hybridized carbons (Fsp3) is 0.250. The second-order valence-electron chi connectivity index (χ2n) is 8.49. The van der Waals surface area contributed by atoms with E-state index in [1.807, 2.05) is 31.2 Å². The minimum atomic E-state index is -1.11. The van der Waals surface area contributed by atoms with Crippen molar-refractivity contribution in [3.05, 3.63) is 90.0 Å². The van der Waals surface area contributed by atoms with Crippen molar-refractivity contribution in [2.75, 3.05) is 18.1 Å². The van der Waals surface area contributed by atoms with E-state index in [0.29, 0.717) is 12.1 Å². The molecule has 0 aromatic heterocycles. The van der Waals surface area contributed by atoms with Crippen molar-refractivity contribution in [3.8, 4) is 11.1 Å². The smallest absolute Gasteiger partial charge is 0.407 e. The average Bonchev–Trinajstić information content (AvgIpc) is 3.19. The van der Waals surface area contributed by atoms with E-state index < -0.39 is 24.6 Å². The standard InChI is InChI=1S/C28H28N2O5/c1-2-19(16-26(31)30(17-27(32)33)20-10-4-3-5-11-20)29-28(34)35-18-25-23-14-8-6-12-21(23)22-13-7-9-15-24(22)25/h3-15,19,25H,2,16-18H2,1H3,(H,29,34)(H,32,33). The lowest BCUT2D eigenvalue weighted by Gasteiger charge is -2.24. The molecule has 180 valence electrons. The SMILES string of the molecule is CCC(CC(=O)N(CC(=O)O)c1ccccc1)NC(=O)OCC1c2ccccc2-c2ccccc21. The van der Waals surface area contributed by atoms with Crippen molar-refractivity contribution < 1.29 is 24.2 Å². The van der Waals surface area contributed by atoms with Crippen molar-refractivity contribution >= 4 is 23.7 Å². The molecule has 0 saturated carbocycles. The molecule has 1 aliphatic carbocycles. The van der Waals surface area contributed by atoms with E-state index in [4.69, 9.17) is 4.74 Å². The summed E-state index contributed by atoms with van der Waals surface area (Å²) < 4.78 is 5.59. The van der Waals surface area contributed by atoms with Gasteiger partial charge < -0.3 is 20.1 Å². The van der Waals surface area contributed by atoms with Crippen LogP contribution in [0.5, 0.6) is 0 Å². The number of rotatable bonds is 9. The molecule has 2 N–H and O–H groups in total. The van der Waals surface area contributed by atoms with Crippen LogP contribution in [-0.2, 0) is 14.3 Å². The molecule has 3 aromatic rings. The molecule has 7 heteroatoms. The molecule has 0 saturated heterocycles. The molecule has 0 spiro atoms. The number of carboxylic acid groups (broad SMARTS) is 1. The fourth-order valence-electron chi connectivity index (χ4n) is 4.49. The van der Waals surface area contributed by atoms with Crippen LogP contribution >= 0.6 is 0 Å². The van der Waals surface area contributed by atoms with Gasteiger partial charge in [-0.05, 0) is 40.8 Å². The first-order valence-electron chi connectivity index (χ1n) is 11.7. The summed E-state index contributed by atoms with van der Waals surface area (Å²) in [6.07, 6.45) is -0.148. The zero-order valence-electron chi connectivity index (χ0n) is 19.5. The maximum absolute atomic E-state index is 12.9. The Bertz CT molecular complexity index is 1170. The van der Waals surface area contributed by atoms with Crippen molar-refractivity contribution in [1.82, 2.24) is 5.32 Å². The first-order valence-corrected chi connectivity index (χ1v) is 11.7. The number of nitrogens with one attached hydrogen (secondary N) is 1. The molecule has 7 nitrogen and oxygen atoms in total. The van der Waals surface area contributed by atoms with E-state index in [9.17, 15) is 19.5 Å². The summed E-state index contributed by atoms with van der Waals surface area (Å²) in [7, 11) is 0. The molecule has 0 heterocycles. The van der Waals surface area contributed by atoms with Crippen LogP contribution in [0.2, 0.25) is 0 Å². The predicted octanol–water partition coefficient (Wildman–Crippen LogP) is 4.81. The molecular formula is C28H28N2O5. The van der Waals surface area contributed by atoms with Gasteiger partial charge in [0.05, 0.1) is 0 Å². The summed E-state index contributed by atoms with van der Waals surface area (Å²) in [6.45, 7) is 1.58. The number of amides is 2. The van der Waals surface area contributed by atoms with Crippen molar-refractivity contribution in [1.29, 1.82) is 0 Å². The predicted molar refractivity (Wildman–Crippen MR) is 133 cm³/mol. The zero-order valence-corrected chi connectivity index (χ0v) is 19.5. The molecule has 2 amide bonds. The number of alkyl carbamates (subject to hydrolysis) is 1. The minimum Gasteiger partial charge on any atom is -0.480 e. The number of hydrogen-bond donors (Lipinski definition) is 2. The van der Waals surface area contributed by atoms with E-state index in [0.717, 1.165) is 22.3 Å². The number of benzene rings is 3. The van der Waals surface area contributed by atoms with Gasteiger partial charge in [-0.2, -0.15) is 0 Å². The van der Waals surface area contributed by atoms with Gasteiger partial charge >= 0.3 is 12.1 Å². The first-order chi connectivity index (χ1) is 17.0. The summed E-state index contributed by atoms with van der Waals surface area (Å²) in [6, 6.07) is 24.3. The lowest BCUT2D eigenvalue weighted by molar-refractivity contribution is -0.136. The van der Waals surface area contributed by atoms with Gasteiger partial charge in [0.25, 0.3) is 0 Å². The number of fused-ring (bicyclic) bond motifs is 3. The summed E-state index contributed by atoms with van der Waals surface area (Å²) >= 11 is 0. The number of carbonyl (C=O) groups is 3. The van der Waals surface area contributed by atoms with Crippen LogP contribution in [0.4, 0.5) is 10.5 Å². The number of hydrogen-bond acceptors (Lipinski definition) is 4. The third kappa shape index (κ3) is 5.51. The molecule has 0 radical (unpaired) electrons. The second kappa shape index (κ2) is 10.9. The maximum Gasteiger partial charge on any atom is 0.407 e. The van der Waals surface area contributed by atoms with Gasteiger partial charge in [0.2, 0.25) is 5.91 Å². The van der Waals surface area contributed by atoms with Crippen molar-refractivity contribution in [3.63, 3.8) is 0 Å². The molecule has 4 rings (SSSR count). The van der Waals surface area contributed by atoms with Gasteiger partial charge in [-0.1, -0.05) is 73.7 Å². The lowest BCUT2D eigenvalue weighted by Crippen LogP contribution is -2.42. The molecule has 1 atom stereocenters. The molecule has 0 bridgehead atoms. The maximum atomic E-state index is 12.9. The fourth-order valence-corrected chi connectivity index (χ4v) is 4.49. The summed E-state index contributed by atoms with van der Waals surface area (Å²) in [5.74, 6) is -1.55.